The second-order valence-electron chi connectivity index (χ2n) is 8.36. The van der Waals surface area contributed by atoms with Crippen LogP contribution in [0.1, 0.15) is 45.6 Å². The van der Waals surface area contributed by atoms with Crippen LogP contribution in [0.5, 0.6) is 5.75 Å². The predicted octanol–water partition coefficient (Wildman–Crippen LogP) is 4.75. The summed E-state index contributed by atoms with van der Waals surface area (Å²) in [5, 5.41) is 0. The highest BCUT2D eigenvalue weighted by atomic mass is 16.5. The number of hydrogen-bond donors (Lipinski definition) is 0. The largest absolute Gasteiger partial charge is 0.494 e. The lowest BCUT2D eigenvalue weighted by Crippen LogP contribution is -2.46. The summed E-state index contributed by atoms with van der Waals surface area (Å²) in [6, 6.07) is 12.8. The number of benzene rings is 1. The van der Waals surface area contributed by atoms with Crippen LogP contribution in [0.15, 0.2) is 48.8 Å². The Labute approximate surface area is 170 Å². The number of piperazine rings is 1. The summed E-state index contributed by atoms with van der Waals surface area (Å²) in [5.74, 6) is 0.987. The van der Waals surface area contributed by atoms with E-state index >= 15 is 0 Å². The maximum atomic E-state index is 5.94. The van der Waals surface area contributed by atoms with Crippen LogP contribution in [0.2, 0.25) is 0 Å². The Morgan fingerprint density at radius 3 is 2.39 bits per heavy atom. The molecule has 0 saturated carbocycles. The van der Waals surface area contributed by atoms with Crippen molar-refractivity contribution in [3.8, 4) is 5.75 Å². The molecule has 0 spiro atoms. The molecule has 0 aliphatic carbocycles. The lowest BCUT2D eigenvalue weighted by molar-refractivity contribution is 0.238. The second kappa shape index (κ2) is 9.92. The third-order valence-corrected chi connectivity index (χ3v) is 6.04. The van der Waals surface area contributed by atoms with Gasteiger partial charge in [0.25, 0.3) is 0 Å². The van der Waals surface area contributed by atoms with Gasteiger partial charge in [-0.15, -0.1) is 0 Å². The Morgan fingerprint density at radius 2 is 1.75 bits per heavy atom. The van der Waals surface area contributed by atoms with E-state index < -0.39 is 0 Å². The van der Waals surface area contributed by atoms with Crippen LogP contribution in [0.4, 0.5) is 5.69 Å². The number of aromatic nitrogens is 1. The Bertz CT molecular complexity index is 692. The minimum absolute atomic E-state index is 0.236. The average molecular weight is 382 g/mol. The quantitative estimate of drug-likeness (QED) is 0.586. The zero-order valence-electron chi connectivity index (χ0n) is 17.7. The van der Waals surface area contributed by atoms with Crippen molar-refractivity contribution in [3.63, 3.8) is 0 Å². The summed E-state index contributed by atoms with van der Waals surface area (Å²) in [6.45, 7) is 13.2. The van der Waals surface area contributed by atoms with Gasteiger partial charge in [-0.3, -0.25) is 9.88 Å². The number of hydrogen-bond acceptors (Lipinski definition) is 4. The molecule has 2 heterocycles. The van der Waals surface area contributed by atoms with Crippen molar-refractivity contribution in [1.29, 1.82) is 0 Å². The Balaban J connectivity index is 1.30. The highest BCUT2D eigenvalue weighted by Gasteiger charge is 2.18. The number of ether oxygens (including phenoxy) is 1. The molecule has 3 rings (SSSR count). The Hall–Kier alpha value is -2.07. The number of anilines is 1. The monoisotopic (exact) mass is 381 g/mol. The van der Waals surface area contributed by atoms with Crippen LogP contribution < -0.4 is 9.64 Å². The van der Waals surface area contributed by atoms with Gasteiger partial charge in [-0.1, -0.05) is 32.9 Å². The smallest absolute Gasteiger partial charge is 0.119 e. The Morgan fingerprint density at radius 1 is 1.00 bits per heavy atom. The summed E-state index contributed by atoms with van der Waals surface area (Å²) in [6.07, 6.45) is 7.23. The molecular formula is C24H35N3O. The van der Waals surface area contributed by atoms with E-state index in [2.05, 4.69) is 65.9 Å². The van der Waals surface area contributed by atoms with Crippen LogP contribution in [0, 0.1) is 0 Å². The lowest BCUT2D eigenvalue weighted by Gasteiger charge is -2.35. The maximum absolute atomic E-state index is 5.94. The molecule has 0 atom stereocenters. The average Bonchev–Trinajstić information content (AvgIpc) is 2.75. The second-order valence-corrected chi connectivity index (χ2v) is 8.36. The first kappa shape index (κ1) is 20.7. The van der Waals surface area contributed by atoms with Crippen molar-refractivity contribution >= 4 is 5.69 Å². The van der Waals surface area contributed by atoms with Crippen LogP contribution in [-0.2, 0) is 5.41 Å². The molecule has 0 amide bonds. The molecule has 1 aromatic carbocycles. The molecule has 152 valence electrons. The first-order valence-electron chi connectivity index (χ1n) is 10.7. The third kappa shape index (κ3) is 5.71. The van der Waals surface area contributed by atoms with Gasteiger partial charge in [0.15, 0.2) is 0 Å². The summed E-state index contributed by atoms with van der Waals surface area (Å²) >= 11 is 0. The lowest BCUT2D eigenvalue weighted by atomic mass is 9.82. The van der Waals surface area contributed by atoms with Crippen LogP contribution in [-0.4, -0.2) is 49.2 Å². The molecule has 4 heteroatoms. The van der Waals surface area contributed by atoms with E-state index in [9.17, 15) is 0 Å². The number of pyridine rings is 1. The number of unbranched alkanes of at least 4 members (excludes halogenated alkanes) is 1. The van der Waals surface area contributed by atoms with Crippen LogP contribution >= 0.6 is 0 Å². The van der Waals surface area contributed by atoms with Crippen molar-refractivity contribution in [3.05, 3.63) is 54.4 Å². The van der Waals surface area contributed by atoms with Gasteiger partial charge in [-0.2, -0.15) is 0 Å². The molecule has 28 heavy (non-hydrogen) atoms. The van der Waals surface area contributed by atoms with E-state index in [1.807, 2.05) is 18.5 Å². The summed E-state index contributed by atoms with van der Waals surface area (Å²) in [4.78, 5) is 9.22. The molecule has 1 aliphatic rings. The van der Waals surface area contributed by atoms with E-state index in [4.69, 9.17) is 4.74 Å². The van der Waals surface area contributed by atoms with Crippen LogP contribution in [0.25, 0.3) is 0 Å². The zero-order chi connectivity index (χ0) is 19.8. The molecule has 1 aromatic heterocycles. The van der Waals surface area contributed by atoms with Gasteiger partial charge < -0.3 is 9.64 Å². The predicted molar refractivity (Wildman–Crippen MR) is 117 cm³/mol. The fourth-order valence-electron chi connectivity index (χ4n) is 3.60. The van der Waals surface area contributed by atoms with Crippen molar-refractivity contribution in [2.75, 3.05) is 44.2 Å². The maximum Gasteiger partial charge on any atom is 0.119 e. The van der Waals surface area contributed by atoms with Gasteiger partial charge in [0.2, 0.25) is 0 Å². The molecule has 1 fully saturated rings. The molecule has 2 aromatic rings. The molecule has 0 unspecified atom stereocenters. The van der Waals surface area contributed by atoms with Crippen molar-refractivity contribution < 1.29 is 4.74 Å². The first-order valence-corrected chi connectivity index (χ1v) is 10.7. The Kier molecular flexibility index (Phi) is 7.32. The van der Waals surface area contributed by atoms with E-state index in [0.717, 1.165) is 57.9 Å². The molecule has 0 bridgehead atoms. The van der Waals surface area contributed by atoms with Gasteiger partial charge in [0, 0.05) is 32.4 Å². The molecular weight excluding hydrogens is 346 g/mol. The molecule has 4 nitrogen and oxygen atoms in total. The van der Waals surface area contributed by atoms with E-state index in [-0.39, 0.29) is 5.41 Å². The SMILES string of the molecule is CCC(C)(C)c1ccc(OCCCCN2CCN(c3cccnc3)CC2)cc1. The highest BCUT2D eigenvalue weighted by molar-refractivity contribution is 5.44. The summed E-state index contributed by atoms with van der Waals surface area (Å²) in [7, 11) is 0. The standard InChI is InChI=1S/C24H35N3O/c1-4-24(2,3)21-9-11-23(12-10-21)28-19-6-5-14-26-15-17-27(18-16-26)22-8-7-13-25-20-22/h7-13,20H,4-6,14-19H2,1-3H3. The molecule has 1 saturated heterocycles. The topological polar surface area (TPSA) is 28.6 Å². The fraction of sp³-hybridized carbons (Fsp3) is 0.542. The summed E-state index contributed by atoms with van der Waals surface area (Å²) in [5.41, 5.74) is 2.86. The number of nitrogens with zero attached hydrogens (tertiary/aromatic N) is 3. The van der Waals surface area contributed by atoms with Gasteiger partial charge in [-0.05, 0) is 61.1 Å². The van der Waals surface area contributed by atoms with Gasteiger partial charge in [-0.25, -0.2) is 0 Å². The van der Waals surface area contributed by atoms with Gasteiger partial charge >= 0.3 is 0 Å². The van der Waals surface area contributed by atoms with E-state index in [1.165, 1.54) is 17.7 Å². The van der Waals surface area contributed by atoms with E-state index in [1.54, 1.807) is 0 Å². The third-order valence-electron chi connectivity index (χ3n) is 6.04. The minimum atomic E-state index is 0.236. The summed E-state index contributed by atoms with van der Waals surface area (Å²) < 4.78 is 5.94. The van der Waals surface area contributed by atoms with Gasteiger partial charge in [0.05, 0.1) is 18.5 Å². The normalized spacial score (nSPS) is 15.6. The van der Waals surface area contributed by atoms with Crippen molar-refractivity contribution in [1.82, 2.24) is 9.88 Å². The molecule has 0 radical (unpaired) electrons. The van der Waals surface area contributed by atoms with Crippen molar-refractivity contribution in [2.45, 2.75) is 45.4 Å². The first-order chi connectivity index (χ1) is 13.6. The number of rotatable bonds is 9. The fourth-order valence-corrected chi connectivity index (χ4v) is 3.60. The minimum Gasteiger partial charge on any atom is -0.494 e. The van der Waals surface area contributed by atoms with E-state index in [0.29, 0.717) is 0 Å². The highest BCUT2D eigenvalue weighted by Crippen LogP contribution is 2.28. The molecule has 1 aliphatic heterocycles. The van der Waals surface area contributed by atoms with Gasteiger partial charge in [0.1, 0.15) is 5.75 Å². The van der Waals surface area contributed by atoms with Crippen LogP contribution in [0.3, 0.4) is 0 Å². The van der Waals surface area contributed by atoms with Crippen molar-refractivity contribution in [2.24, 2.45) is 0 Å². The zero-order valence-corrected chi connectivity index (χ0v) is 17.7. The molecule has 0 N–H and O–H groups in total.